The highest BCUT2D eigenvalue weighted by Gasteiger charge is 2.19. The lowest BCUT2D eigenvalue weighted by molar-refractivity contribution is 0.669. The minimum atomic E-state index is 0.883. The van der Waals surface area contributed by atoms with Gasteiger partial charge in [-0.3, -0.25) is 0 Å². The predicted octanol–water partition coefficient (Wildman–Crippen LogP) is 17.4. The van der Waals surface area contributed by atoms with Crippen molar-refractivity contribution in [3.63, 3.8) is 0 Å². The van der Waals surface area contributed by atoms with Gasteiger partial charge in [-0.2, -0.15) is 0 Å². The summed E-state index contributed by atoms with van der Waals surface area (Å²) in [6, 6.07) is 80.5. The van der Waals surface area contributed by atoms with Crippen molar-refractivity contribution in [2.75, 3.05) is 4.90 Å². The molecule has 0 aliphatic rings. The van der Waals surface area contributed by atoms with Crippen LogP contribution in [0.2, 0.25) is 0 Å². The zero-order chi connectivity index (χ0) is 41.4. The van der Waals surface area contributed by atoms with Gasteiger partial charge in [-0.25, -0.2) is 0 Å². The zero-order valence-electron chi connectivity index (χ0n) is 34.1. The van der Waals surface area contributed by atoms with Crippen LogP contribution in [0.15, 0.2) is 233 Å². The van der Waals surface area contributed by atoms with Crippen LogP contribution in [0.5, 0.6) is 0 Å². The monoisotopic (exact) mass is 803 g/mol. The lowest BCUT2D eigenvalue weighted by atomic mass is 9.93. The molecule has 0 unspecified atom stereocenters. The van der Waals surface area contributed by atoms with E-state index in [4.69, 9.17) is 8.83 Å². The summed E-state index contributed by atoms with van der Waals surface area (Å²) in [5, 5.41) is 11.8. The fraction of sp³-hybridized carbons (Fsp3) is 0. The van der Waals surface area contributed by atoms with Gasteiger partial charge in [-0.15, -0.1) is 0 Å². The third-order valence-corrected chi connectivity index (χ3v) is 12.8. The highest BCUT2D eigenvalue weighted by Crippen LogP contribution is 2.44. The average molecular weight is 804 g/mol. The summed E-state index contributed by atoms with van der Waals surface area (Å²) in [7, 11) is 0. The van der Waals surface area contributed by atoms with E-state index in [1.807, 2.05) is 12.1 Å². The highest BCUT2D eigenvalue weighted by molar-refractivity contribution is 6.19. The molecule has 0 saturated heterocycles. The van der Waals surface area contributed by atoms with Crippen LogP contribution in [0.1, 0.15) is 0 Å². The second-order valence-electron chi connectivity index (χ2n) is 16.4. The van der Waals surface area contributed by atoms with E-state index in [1.54, 1.807) is 0 Å². The summed E-state index contributed by atoms with van der Waals surface area (Å²) in [6.07, 6.45) is 0. The molecule has 0 aliphatic heterocycles. The molecule has 0 saturated carbocycles. The molecule has 294 valence electrons. The second-order valence-corrected chi connectivity index (χ2v) is 16.4. The third kappa shape index (κ3) is 5.67. The van der Waals surface area contributed by atoms with Gasteiger partial charge in [0.25, 0.3) is 0 Å². The molecule has 0 atom stereocenters. The number of hydrogen-bond acceptors (Lipinski definition) is 3. The van der Waals surface area contributed by atoms with Crippen molar-refractivity contribution < 1.29 is 8.83 Å². The number of anilines is 3. The highest BCUT2D eigenvalue weighted by atomic mass is 16.3. The average Bonchev–Trinajstić information content (AvgIpc) is 3.94. The van der Waals surface area contributed by atoms with Crippen LogP contribution in [-0.2, 0) is 0 Å². The Balaban J connectivity index is 0.963. The summed E-state index contributed by atoms with van der Waals surface area (Å²) >= 11 is 0. The van der Waals surface area contributed by atoms with E-state index in [0.29, 0.717) is 0 Å². The Hall–Kier alpha value is -8.40. The Morgan fingerprint density at radius 2 is 0.825 bits per heavy atom. The maximum atomic E-state index is 6.62. The van der Waals surface area contributed by atoms with Gasteiger partial charge < -0.3 is 13.7 Å². The van der Waals surface area contributed by atoms with Crippen molar-refractivity contribution in [2.45, 2.75) is 0 Å². The summed E-state index contributed by atoms with van der Waals surface area (Å²) in [5.74, 6) is 0. The van der Waals surface area contributed by atoms with E-state index in [2.05, 4.69) is 217 Å². The van der Waals surface area contributed by atoms with Crippen LogP contribution in [-0.4, -0.2) is 0 Å². The molecule has 11 aromatic carbocycles. The van der Waals surface area contributed by atoms with Gasteiger partial charge in [0.15, 0.2) is 0 Å². The lowest BCUT2D eigenvalue weighted by Crippen LogP contribution is -2.10. The van der Waals surface area contributed by atoms with E-state index in [1.165, 1.54) is 38.1 Å². The fourth-order valence-corrected chi connectivity index (χ4v) is 9.94. The first-order valence-electron chi connectivity index (χ1n) is 21.5. The third-order valence-electron chi connectivity index (χ3n) is 12.8. The molecule has 0 aliphatic carbocycles. The largest absolute Gasteiger partial charge is 0.456 e. The molecular weight excluding hydrogens is 767 g/mol. The Kier molecular flexibility index (Phi) is 7.91. The minimum Gasteiger partial charge on any atom is -0.456 e. The number of para-hydroxylation sites is 1. The van der Waals surface area contributed by atoms with Crippen LogP contribution >= 0.6 is 0 Å². The van der Waals surface area contributed by atoms with Gasteiger partial charge in [-0.1, -0.05) is 158 Å². The molecule has 2 heterocycles. The molecule has 3 nitrogen and oxygen atoms in total. The first-order chi connectivity index (χ1) is 31.2. The predicted molar refractivity (Wildman–Crippen MR) is 265 cm³/mol. The molecule has 0 bridgehead atoms. The van der Waals surface area contributed by atoms with Crippen molar-refractivity contribution in [3.8, 4) is 33.4 Å². The van der Waals surface area contributed by atoms with Gasteiger partial charge in [0.05, 0.1) is 0 Å². The SMILES string of the molecule is c1cc(-c2cccc3oc4c5ccccc5ccc4c23)cc(N(c2ccc(-c3cc4ccccc4c4ccccc34)cc2)c2ccc(-c3cccc4oc5ccccc5c34)cc2)c1. The summed E-state index contributed by atoms with van der Waals surface area (Å²) in [5.41, 5.74) is 13.7. The maximum absolute atomic E-state index is 6.62. The second kappa shape index (κ2) is 14.1. The molecule has 0 amide bonds. The van der Waals surface area contributed by atoms with Gasteiger partial charge in [0.1, 0.15) is 22.3 Å². The van der Waals surface area contributed by atoms with Crippen LogP contribution in [0, 0.1) is 0 Å². The summed E-state index contributed by atoms with van der Waals surface area (Å²) in [4.78, 5) is 2.37. The Bertz CT molecular complexity index is 3910. The van der Waals surface area contributed by atoms with Crippen LogP contribution < -0.4 is 4.90 Å². The number of fused-ring (bicyclic) bond motifs is 11. The molecule has 0 radical (unpaired) electrons. The van der Waals surface area contributed by atoms with Crippen molar-refractivity contribution in [1.29, 1.82) is 0 Å². The Morgan fingerprint density at radius 1 is 0.270 bits per heavy atom. The molecule has 0 fully saturated rings. The lowest BCUT2D eigenvalue weighted by Gasteiger charge is -2.26. The summed E-state index contributed by atoms with van der Waals surface area (Å²) in [6.45, 7) is 0. The number of nitrogens with zero attached hydrogens (tertiary/aromatic N) is 1. The molecule has 0 spiro atoms. The number of rotatable bonds is 6. The van der Waals surface area contributed by atoms with Gasteiger partial charge in [-0.05, 0) is 127 Å². The van der Waals surface area contributed by atoms with Crippen molar-refractivity contribution in [3.05, 3.63) is 224 Å². The fourth-order valence-electron chi connectivity index (χ4n) is 9.94. The Morgan fingerprint density at radius 3 is 1.59 bits per heavy atom. The van der Waals surface area contributed by atoms with Crippen LogP contribution in [0.25, 0.3) is 110 Å². The normalized spacial score (nSPS) is 11.8. The molecule has 63 heavy (non-hydrogen) atoms. The summed E-state index contributed by atoms with van der Waals surface area (Å²) < 4.78 is 12.9. The smallest absolute Gasteiger partial charge is 0.143 e. The topological polar surface area (TPSA) is 29.5 Å². The van der Waals surface area contributed by atoms with Crippen LogP contribution in [0.3, 0.4) is 0 Å². The van der Waals surface area contributed by atoms with E-state index in [-0.39, 0.29) is 0 Å². The quantitative estimate of drug-likeness (QED) is 0.157. The molecule has 13 rings (SSSR count). The van der Waals surface area contributed by atoms with Crippen LogP contribution in [0.4, 0.5) is 17.1 Å². The van der Waals surface area contributed by atoms with Crippen molar-refractivity contribution in [1.82, 2.24) is 0 Å². The number of furan rings is 2. The minimum absolute atomic E-state index is 0.883. The van der Waals surface area contributed by atoms with Gasteiger partial charge in [0, 0.05) is 44.0 Å². The van der Waals surface area contributed by atoms with Gasteiger partial charge >= 0.3 is 0 Å². The molecule has 13 aromatic rings. The number of benzene rings is 11. The standard InChI is InChI=1S/C60H37NO2/c1-4-17-49-38(12-1)30-35-53-59-48(22-11-25-57(59)63-60(49)53)41-14-9-15-45(36-41)61(43-31-26-39(27-32-43)47-21-10-24-56-58(47)52-20-7-8-23-55(52)62-56)44-33-28-40(29-34-44)54-37-42-13-2-3-16-46(42)50-18-5-6-19-51(50)54/h1-37H. The first-order valence-corrected chi connectivity index (χ1v) is 21.5. The zero-order valence-corrected chi connectivity index (χ0v) is 34.1. The number of hydrogen-bond donors (Lipinski definition) is 0. The molecule has 3 heteroatoms. The molecule has 0 N–H and O–H groups in total. The van der Waals surface area contributed by atoms with Gasteiger partial charge in [0.2, 0.25) is 0 Å². The van der Waals surface area contributed by atoms with E-state index in [0.717, 1.165) is 88.6 Å². The molecule has 2 aromatic heterocycles. The maximum Gasteiger partial charge on any atom is 0.143 e. The molecular formula is C60H37NO2. The Labute approximate surface area is 363 Å². The van der Waals surface area contributed by atoms with E-state index < -0.39 is 0 Å². The van der Waals surface area contributed by atoms with Crippen molar-refractivity contribution in [2.24, 2.45) is 0 Å². The first kappa shape index (κ1) is 35.4. The van der Waals surface area contributed by atoms with E-state index in [9.17, 15) is 0 Å². The van der Waals surface area contributed by atoms with E-state index >= 15 is 0 Å². The van der Waals surface area contributed by atoms with Crippen molar-refractivity contribution >= 4 is 93.3 Å².